The second-order valence-corrected chi connectivity index (χ2v) is 9.23. The normalized spacial score (nSPS) is 21.2. The van der Waals surface area contributed by atoms with E-state index in [0.717, 1.165) is 24.3 Å². The van der Waals surface area contributed by atoms with Crippen LogP contribution in [-0.4, -0.2) is 39.5 Å². The molecule has 0 amide bonds. The number of halogens is 1. The topological polar surface area (TPSA) is 75.4 Å². The molecule has 3 N–H and O–H groups in total. The Morgan fingerprint density at radius 1 is 1.55 bits per heavy atom. The van der Waals surface area contributed by atoms with Crippen LogP contribution < -0.4 is 10.5 Å². The number of likely N-dealkylation sites (tertiary alicyclic amines) is 1. The predicted molar refractivity (Wildman–Crippen MR) is 85.4 cm³/mol. The van der Waals surface area contributed by atoms with Crippen LogP contribution in [0.2, 0.25) is 0 Å². The summed E-state index contributed by atoms with van der Waals surface area (Å²) in [6.07, 6.45) is 3.39. The van der Waals surface area contributed by atoms with Crippen molar-refractivity contribution >= 4 is 37.3 Å². The van der Waals surface area contributed by atoms with Crippen molar-refractivity contribution in [2.45, 2.75) is 36.7 Å². The van der Waals surface area contributed by atoms with Crippen LogP contribution in [0.25, 0.3) is 0 Å². The van der Waals surface area contributed by atoms with Crippen LogP contribution in [0, 0.1) is 0 Å². The number of piperidine rings is 1. The van der Waals surface area contributed by atoms with Gasteiger partial charge in [0, 0.05) is 24.0 Å². The Bertz CT molecular complexity index is 559. The van der Waals surface area contributed by atoms with Gasteiger partial charge in [0.25, 0.3) is 0 Å². The van der Waals surface area contributed by atoms with Gasteiger partial charge in [-0.1, -0.05) is 6.42 Å². The summed E-state index contributed by atoms with van der Waals surface area (Å²) in [4.78, 5) is 3.37. The fraction of sp³-hybridized carbons (Fsp3) is 0.667. The molecule has 1 aliphatic rings. The number of nitrogens with two attached hydrogens (primary N) is 1. The van der Waals surface area contributed by atoms with E-state index in [1.807, 2.05) is 7.05 Å². The summed E-state index contributed by atoms with van der Waals surface area (Å²) in [5.74, 6) is 0. The number of hydrogen-bond acceptors (Lipinski definition) is 5. The SMILES string of the molecule is CN1CCCCC1CNS(=O)(=O)c1cc(CN)sc1Br. The third-order valence-corrected chi connectivity index (χ3v) is 7.33. The average Bonchev–Trinajstić information content (AvgIpc) is 2.80. The number of nitrogens with zero attached hydrogens (tertiary/aromatic N) is 1. The molecule has 1 aromatic heterocycles. The molecule has 0 aromatic carbocycles. The van der Waals surface area contributed by atoms with Crippen molar-refractivity contribution in [3.05, 3.63) is 14.7 Å². The third-order valence-electron chi connectivity index (χ3n) is 3.63. The maximum Gasteiger partial charge on any atom is 0.242 e. The van der Waals surface area contributed by atoms with Crippen molar-refractivity contribution in [3.63, 3.8) is 0 Å². The minimum absolute atomic E-state index is 0.282. The summed E-state index contributed by atoms with van der Waals surface area (Å²) in [5, 5.41) is 0. The van der Waals surface area contributed by atoms with Gasteiger partial charge in [-0.2, -0.15) is 0 Å². The van der Waals surface area contributed by atoms with Crippen LogP contribution >= 0.6 is 27.3 Å². The minimum atomic E-state index is -3.47. The Morgan fingerprint density at radius 2 is 2.30 bits per heavy atom. The zero-order valence-corrected chi connectivity index (χ0v) is 14.7. The van der Waals surface area contributed by atoms with E-state index in [0.29, 0.717) is 21.8 Å². The fourth-order valence-electron chi connectivity index (χ4n) is 2.37. The summed E-state index contributed by atoms with van der Waals surface area (Å²) < 4.78 is 28.0. The molecule has 0 bridgehead atoms. The highest BCUT2D eigenvalue weighted by molar-refractivity contribution is 9.11. The van der Waals surface area contributed by atoms with E-state index in [9.17, 15) is 8.42 Å². The second-order valence-electron chi connectivity index (χ2n) is 5.04. The lowest BCUT2D eigenvalue weighted by molar-refractivity contribution is 0.187. The van der Waals surface area contributed by atoms with Gasteiger partial charge in [0.05, 0.1) is 3.79 Å². The van der Waals surface area contributed by atoms with E-state index in [4.69, 9.17) is 5.73 Å². The number of thiophene rings is 1. The molecule has 1 atom stereocenters. The van der Waals surface area contributed by atoms with E-state index in [-0.39, 0.29) is 6.04 Å². The molecule has 0 aliphatic carbocycles. The van der Waals surface area contributed by atoms with E-state index >= 15 is 0 Å². The molecule has 1 saturated heterocycles. The molecule has 1 unspecified atom stereocenters. The lowest BCUT2D eigenvalue weighted by Gasteiger charge is -2.32. The van der Waals surface area contributed by atoms with Gasteiger partial charge in [-0.05, 0) is 48.4 Å². The van der Waals surface area contributed by atoms with Crippen LogP contribution in [0.15, 0.2) is 14.7 Å². The summed E-state index contributed by atoms with van der Waals surface area (Å²) >= 11 is 4.67. The smallest absolute Gasteiger partial charge is 0.242 e. The number of rotatable bonds is 5. The zero-order valence-electron chi connectivity index (χ0n) is 11.4. The quantitative estimate of drug-likeness (QED) is 0.814. The van der Waals surface area contributed by atoms with Gasteiger partial charge in [0.15, 0.2) is 0 Å². The van der Waals surface area contributed by atoms with Gasteiger partial charge in [0.1, 0.15) is 4.90 Å². The van der Waals surface area contributed by atoms with Gasteiger partial charge >= 0.3 is 0 Å². The van der Waals surface area contributed by atoms with Crippen molar-refractivity contribution < 1.29 is 8.42 Å². The van der Waals surface area contributed by atoms with E-state index in [1.54, 1.807) is 6.07 Å². The number of hydrogen-bond donors (Lipinski definition) is 2. The molecule has 0 radical (unpaired) electrons. The Hall–Kier alpha value is 0.01000. The maximum atomic E-state index is 12.3. The highest BCUT2D eigenvalue weighted by Crippen LogP contribution is 2.31. The molecule has 8 heteroatoms. The molecule has 0 saturated carbocycles. The second kappa shape index (κ2) is 6.85. The first-order valence-corrected chi connectivity index (χ1v) is 9.71. The molecular weight excluding hydrogens is 362 g/mol. The molecule has 1 aliphatic heterocycles. The largest absolute Gasteiger partial charge is 0.326 e. The van der Waals surface area contributed by atoms with E-state index < -0.39 is 10.0 Å². The first-order valence-electron chi connectivity index (χ1n) is 6.62. The lowest BCUT2D eigenvalue weighted by Crippen LogP contribution is -2.44. The third kappa shape index (κ3) is 3.80. The van der Waals surface area contributed by atoms with Gasteiger partial charge < -0.3 is 10.6 Å². The standard InChI is InChI=1S/C12H20BrN3O2S2/c1-16-5-3-2-4-9(16)8-15-20(17,18)11-6-10(7-14)19-12(11)13/h6,9,15H,2-5,7-8,14H2,1H3. The lowest BCUT2D eigenvalue weighted by atomic mass is 10.0. The molecule has 114 valence electrons. The average molecular weight is 382 g/mol. The Balaban J connectivity index is 2.05. The Labute approximate surface area is 132 Å². The molecule has 1 fully saturated rings. The van der Waals surface area contributed by atoms with Gasteiger partial charge in [-0.25, -0.2) is 13.1 Å². The van der Waals surface area contributed by atoms with Crippen LogP contribution in [0.4, 0.5) is 0 Å². The summed E-state index contributed by atoms with van der Waals surface area (Å²) in [6.45, 7) is 1.84. The van der Waals surface area contributed by atoms with Gasteiger partial charge in [-0.15, -0.1) is 11.3 Å². The first-order chi connectivity index (χ1) is 9.44. The summed E-state index contributed by atoms with van der Waals surface area (Å²) in [6, 6.07) is 1.92. The van der Waals surface area contributed by atoms with Gasteiger partial charge in [0.2, 0.25) is 10.0 Å². The summed E-state index contributed by atoms with van der Waals surface area (Å²) in [5.41, 5.74) is 5.55. The molecule has 20 heavy (non-hydrogen) atoms. The predicted octanol–water partition coefficient (Wildman–Crippen LogP) is 1.73. The molecule has 2 rings (SSSR count). The number of nitrogens with one attached hydrogen (secondary N) is 1. The highest BCUT2D eigenvalue weighted by Gasteiger charge is 2.24. The number of sulfonamides is 1. The van der Waals surface area contributed by atoms with Crippen molar-refractivity contribution in [1.29, 1.82) is 0 Å². The highest BCUT2D eigenvalue weighted by atomic mass is 79.9. The van der Waals surface area contributed by atoms with E-state index in [2.05, 4.69) is 25.6 Å². The van der Waals surface area contributed by atoms with E-state index in [1.165, 1.54) is 17.8 Å². The van der Waals surface area contributed by atoms with Crippen LogP contribution in [0.3, 0.4) is 0 Å². The molecule has 1 aromatic rings. The van der Waals surface area contributed by atoms with Crippen molar-refractivity contribution in [2.24, 2.45) is 5.73 Å². The van der Waals surface area contributed by atoms with Crippen molar-refractivity contribution in [2.75, 3.05) is 20.1 Å². The monoisotopic (exact) mass is 381 g/mol. The Kier molecular flexibility index (Phi) is 5.61. The molecule has 5 nitrogen and oxygen atoms in total. The Morgan fingerprint density at radius 3 is 2.90 bits per heavy atom. The van der Waals surface area contributed by atoms with Crippen molar-refractivity contribution in [1.82, 2.24) is 9.62 Å². The van der Waals surface area contributed by atoms with Gasteiger partial charge in [-0.3, -0.25) is 0 Å². The zero-order chi connectivity index (χ0) is 14.8. The van der Waals surface area contributed by atoms with Crippen LogP contribution in [-0.2, 0) is 16.6 Å². The maximum absolute atomic E-state index is 12.3. The van der Waals surface area contributed by atoms with Crippen molar-refractivity contribution in [3.8, 4) is 0 Å². The molecular formula is C12H20BrN3O2S2. The molecule has 0 spiro atoms. The summed E-state index contributed by atoms with van der Waals surface area (Å²) in [7, 11) is -1.42. The first kappa shape index (κ1) is 16.4. The fourth-order valence-corrected chi connectivity index (χ4v) is 6.00. The minimum Gasteiger partial charge on any atom is -0.326 e. The van der Waals surface area contributed by atoms with Crippen LogP contribution in [0.5, 0.6) is 0 Å². The number of likely N-dealkylation sites (N-methyl/N-ethyl adjacent to an activating group) is 1. The molecule has 2 heterocycles. The van der Waals surface area contributed by atoms with Crippen LogP contribution in [0.1, 0.15) is 24.1 Å².